The van der Waals surface area contributed by atoms with Crippen LogP contribution in [0.2, 0.25) is 0 Å². The average molecular weight is 415 g/mol. The van der Waals surface area contributed by atoms with Crippen LogP contribution in [0.3, 0.4) is 0 Å². The van der Waals surface area contributed by atoms with Crippen molar-refractivity contribution in [1.29, 1.82) is 0 Å². The van der Waals surface area contributed by atoms with Gasteiger partial charge in [0.2, 0.25) is 5.95 Å². The number of anilines is 1. The van der Waals surface area contributed by atoms with Crippen molar-refractivity contribution in [2.24, 2.45) is 0 Å². The van der Waals surface area contributed by atoms with Crippen LogP contribution in [-0.2, 0) is 11.2 Å². The van der Waals surface area contributed by atoms with E-state index in [0.717, 1.165) is 24.0 Å². The minimum absolute atomic E-state index is 0.0461. The van der Waals surface area contributed by atoms with E-state index in [1.54, 1.807) is 0 Å². The maximum absolute atomic E-state index is 14.9. The second-order valence-electron chi connectivity index (χ2n) is 8.07. The van der Waals surface area contributed by atoms with Gasteiger partial charge in [0.1, 0.15) is 17.0 Å². The molecule has 1 fully saturated rings. The third kappa shape index (κ3) is 3.04. The molecule has 0 aliphatic carbocycles. The number of aryl methyl sites for hydroxylation is 2. The standard InChI is InChI=1S/C21H23F2N5O2/c1-10-3-4-12-13(7-14(22)19-20(12)28(10)11(2)25-19)18-15(23)8-24-21(27-18)26-16-5-6-30-9-17(16)29/h7-8,10,16-17,29H,3-6,9H2,1-2H3,(H,24,26,27)/t10-,16-,17-/m1/s1. The Morgan fingerprint density at radius 2 is 2.07 bits per heavy atom. The van der Waals surface area contributed by atoms with Gasteiger partial charge in [0.25, 0.3) is 0 Å². The van der Waals surface area contributed by atoms with Crippen LogP contribution in [0.4, 0.5) is 14.7 Å². The molecule has 0 amide bonds. The first kappa shape index (κ1) is 19.3. The minimum Gasteiger partial charge on any atom is -0.389 e. The summed E-state index contributed by atoms with van der Waals surface area (Å²) < 4.78 is 37.0. The lowest BCUT2D eigenvalue weighted by atomic mass is 9.93. The second kappa shape index (κ2) is 7.24. The van der Waals surface area contributed by atoms with E-state index >= 15 is 0 Å². The first-order valence-corrected chi connectivity index (χ1v) is 10.2. The summed E-state index contributed by atoms with van der Waals surface area (Å²) in [6, 6.07) is 1.22. The normalized spacial score (nSPS) is 23.7. The summed E-state index contributed by atoms with van der Waals surface area (Å²) in [6.45, 7) is 4.67. The zero-order chi connectivity index (χ0) is 21.0. The Bertz CT molecular complexity index is 1130. The molecule has 2 aromatic heterocycles. The highest BCUT2D eigenvalue weighted by molar-refractivity contribution is 5.88. The summed E-state index contributed by atoms with van der Waals surface area (Å²) in [7, 11) is 0. The fraction of sp³-hybridized carbons (Fsp3) is 0.476. The Morgan fingerprint density at radius 1 is 1.23 bits per heavy atom. The van der Waals surface area contributed by atoms with Crippen molar-refractivity contribution < 1.29 is 18.6 Å². The van der Waals surface area contributed by atoms with E-state index < -0.39 is 17.7 Å². The van der Waals surface area contributed by atoms with E-state index in [9.17, 15) is 13.9 Å². The quantitative estimate of drug-likeness (QED) is 0.684. The van der Waals surface area contributed by atoms with Gasteiger partial charge in [-0.2, -0.15) is 0 Å². The lowest BCUT2D eigenvalue weighted by Crippen LogP contribution is -2.42. The fourth-order valence-electron chi connectivity index (χ4n) is 4.58. The van der Waals surface area contributed by atoms with Crippen molar-refractivity contribution in [2.75, 3.05) is 18.5 Å². The molecule has 158 valence electrons. The molecule has 1 aromatic carbocycles. The predicted molar refractivity (Wildman–Crippen MR) is 107 cm³/mol. The lowest BCUT2D eigenvalue weighted by Gasteiger charge is -2.28. The number of imidazole rings is 1. The molecule has 2 aliphatic rings. The van der Waals surface area contributed by atoms with Crippen molar-refractivity contribution in [3.8, 4) is 11.3 Å². The Labute approximate surface area is 172 Å². The highest BCUT2D eigenvalue weighted by Crippen LogP contribution is 2.39. The largest absolute Gasteiger partial charge is 0.389 e. The molecule has 4 heterocycles. The summed E-state index contributed by atoms with van der Waals surface area (Å²) in [5.74, 6) is -0.177. The van der Waals surface area contributed by atoms with Crippen LogP contribution in [0.15, 0.2) is 12.3 Å². The minimum atomic E-state index is -0.704. The van der Waals surface area contributed by atoms with Crippen LogP contribution < -0.4 is 5.32 Å². The highest BCUT2D eigenvalue weighted by Gasteiger charge is 2.29. The zero-order valence-electron chi connectivity index (χ0n) is 16.8. The van der Waals surface area contributed by atoms with E-state index in [2.05, 4.69) is 27.2 Å². The number of halogens is 2. The number of aliphatic hydroxyl groups is 1. The summed E-state index contributed by atoms with van der Waals surface area (Å²) in [6.07, 6.45) is 2.50. The molecule has 1 saturated heterocycles. The van der Waals surface area contributed by atoms with Crippen LogP contribution in [0.1, 0.15) is 37.2 Å². The lowest BCUT2D eigenvalue weighted by molar-refractivity contribution is -0.0136. The van der Waals surface area contributed by atoms with Crippen molar-refractivity contribution in [3.63, 3.8) is 0 Å². The van der Waals surface area contributed by atoms with Gasteiger partial charge in [-0.1, -0.05) is 0 Å². The second-order valence-corrected chi connectivity index (χ2v) is 8.07. The topological polar surface area (TPSA) is 85.1 Å². The number of ether oxygens (including phenoxy) is 1. The monoisotopic (exact) mass is 415 g/mol. The molecule has 0 saturated carbocycles. The van der Waals surface area contributed by atoms with Crippen molar-refractivity contribution in [2.45, 2.75) is 51.3 Å². The molecule has 30 heavy (non-hydrogen) atoms. The van der Waals surface area contributed by atoms with Gasteiger partial charge in [0.15, 0.2) is 11.6 Å². The highest BCUT2D eigenvalue weighted by atomic mass is 19.1. The Balaban J connectivity index is 1.62. The summed E-state index contributed by atoms with van der Waals surface area (Å²) in [4.78, 5) is 12.8. The molecular weight excluding hydrogens is 392 g/mol. The fourth-order valence-corrected chi connectivity index (χ4v) is 4.58. The van der Waals surface area contributed by atoms with E-state index in [-0.39, 0.29) is 30.3 Å². The molecule has 2 aliphatic heterocycles. The third-order valence-electron chi connectivity index (χ3n) is 6.09. The average Bonchev–Trinajstić information content (AvgIpc) is 3.08. The number of aromatic nitrogens is 4. The molecule has 0 unspecified atom stereocenters. The van der Waals surface area contributed by atoms with Gasteiger partial charge >= 0.3 is 0 Å². The van der Waals surface area contributed by atoms with Gasteiger partial charge in [-0.3, -0.25) is 0 Å². The van der Waals surface area contributed by atoms with Gasteiger partial charge < -0.3 is 19.7 Å². The predicted octanol–water partition coefficient (Wildman–Crippen LogP) is 3.15. The SMILES string of the molecule is Cc1nc2c(F)cc(-c3nc(N[C@@H]4CCOC[C@H]4O)ncc3F)c3c2n1[C@H](C)CC3. The van der Waals surface area contributed by atoms with Crippen LogP contribution in [-0.4, -0.2) is 50.0 Å². The first-order valence-electron chi connectivity index (χ1n) is 10.2. The molecule has 2 N–H and O–H groups in total. The van der Waals surface area contributed by atoms with E-state index in [1.807, 2.05) is 11.5 Å². The molecule has 3 aromatic rings. The molecule has 0 bridgehead atoms. The van der Waals surface area contributed by atoms with Crippen LogP contribution in [0.5, 0.6) is 0 Å². The number of hydrogen-bond acceptors (Lipinski definition) is 6. The van der Waals surface area contributed by atoms with E-state index in [0.29, 0.717) is 36.0 Å². The number of aliphatic hydroxyl groups excluding tert-OH is 1. The summed E-state index contributed by atoms with van der Waals surface area (Å²) >= 11 is 0. The Hall–Kier alpha value is -2.65. The molecule has 0 spiro atoms. The smallest absolute Gasteiger partial charge is 0.223 e. The summed E-state index contributed by atoms with van der Waals surface area (Å²) in [5.41, 5.74) is 2.35. The Kier molecular flexibility index (Phi) is 4.67. The maximum Gasteiger partial charge on any atom is 0.223 e. The molecule has 9 heteroatoms. The zero-order valence-corrected chi connectivity index (χ0v) is 16.8. The van der Waals surface area contributed by atoms with Gasteiger partial charge in [-0.05, 0) is 44.7 Å². The number of nitrogens with one attached hydrogen (secondary N) is 1. The van der Waals surface area contributed by atoms with Crippen LogP contribution in [0.25, 0.3) is 22.3 Å². The van der Waals surface area contributed by atoms with Crippen LogP contribution >= 0.6 is 0 Å². The third-order valence-corrected chi connectivity index (χ3v) is 6.09. The number of rotatable bonds is 3. The Morgan fingerprint density at radius 3 is 2.87 bits per heavy atom. The van der Waals surface area contributed by atoms with Gasteiger partial charge in [-0.15, -0.1) is 0 Å². The molecule has 7 nitrogen and oxygen atoms in total. The van der Waals surface area contributed by atoms with E-state index in [4.69, 9.17) is 4.74 Å². The van der Waals surface area contributed by atoms with Crippen LogP contribution in [0, 0.1) is 18.6 Å². The molecular formula is C21H23F2N5O2. The molecule has 3 atom stereocenters. The number of hydrogen-bond donors (Lipinski definition) is 2. The van der Waals surface area contributed by atoms with Crippen molar-refractivity contribution in [3.05, 3.63) is 35.3 Å². The van der Waals surface area contributed by atoms with Gasteiger partial charge in [0.05, 0.1) is 30.5 Å². The van der Waals surface area contributed by atoms with Crippen molar-refractivity contribution in [1.82, 2.24) is 19.5 Å². The van der Waals surface area contributed by atoms with E-state index in [1.165, 1.54) is 6.07 Å². The van der Waals surface area contributed by atoms with Gasteiger partial charge in [-0.25, -0.2) is 23.7 Å². The maximum atomic E-state index is 14.9. The molecule has 0 radical (unpaired) electrons. The number of nitrogens with zero attached hydrogens (tertiary/aromatic N) is 4. The molecule has 5 rings (SSSR count). The summed E-state index contributed by atoms with van der Waals surface area (Å²) in [5, 5.41) is 13.2. The van der Waals surface area contributed by atoms with Gasteiger partial charge in [0, 0.05) is 18.2 Å². The first-order chi connectivity index (χ1) is 14.4. The van der Waals surface area contributed by atoms with Crippen molar-refractivity contribution >= 4 is 17.0 Å². The number of benzene rings is 1.